The molecule has 0 unspecified atom stereocenters. The van der Waals surface area contributed by atoms with E-state index < -0.39 is 23.8 Å². The van der Waals surface area contributed by atoms with Crippen LogP contribution in [0.4, 0.5) is 9.59 Å². The predicted octanol–water partition coefficient (Wildman–Crippen LogP) is 3.99. The molecular weight excluding hydrogens is 410 g/mol. The molecular formula is C24H37N3O5. The second-order valence-electron chi connectivity index (χ2n) is 9.03. The van der Waals surface area contributed by atoms with Crippen molar-refractivity contribution in [1.29, 1.82) is 0 Å². The van der Waals surface area contributed by atoms with Crippen molar-refractivity contribution in [3.8, 4) is 0 Å². The van der Waals surface area contributed by atoms with Crippen LogP contribution in [0.15, 0.2) is 30.3 Å². The van der Waals surface area contributed by atoms with Crippen molar-refractivity contribution in [2.45, 2.75) is 77.5 Å². The van der Waals surface area contributed by atoms with E-state index in [1.54, 1.807) is 0 Å². The molecule has 1 aliphatic heterocycles. The zero-order valence-electron chi connectivity index (χ0n) is 19.5. The van der Waals surface area contributed by atoms with Crippen molar-refractivity contribution in [1.82, 2.24) is 15.5 Å². The quantitative estimate of drug-likeness (QED) is 0.529. The number of likely N-dealkylation sites (tertiary alicyclic amines) is 1. The molecule has 1 heterocycles. The average molecular weight is 448 g/mol. The molecule has 0 bridgehead atoms. The predicted molar refractivity (Wildman–Crippen MR) is 122 cm³/mol. The lowest BCUT2D eigenvalue weighted by Crippen LogP contribution is -2.46. The first-order valence-electron chi connectivity index (χ1n) is 11.5. The highest BCUT2D eigenvalue weighted by Crippen LogP contribution is 2.19. The number of rotatable bonds is 10. The Morgan fingerprint density at radius 3 is 2.31 bits per heavy atom. The Kier molecular flexibility index (Phi) is 10.3. The van der Waals surface area contributed by atoms with Crippen LogP contribution in [0.2, 0.25) is 0 Å². The first kappa shape index (κ1) is 25.5. The van der Waals surface area contributed by atoms with Gasteiger partial charge in [0.2, 0.25) is 5.91 Å². The van der Waals surface area contributed by atoms with Crippen molar-refractivity contribution in [2.75, 3.05) is 19.6 Å². The van der Waals surface area contributed by atoms with Gasteiger partial charge in [0.1, 0.15) is 18.2 Å². The fourth-order valence-electron chi connectivity index (χ4n) is 3.50. The van der Waals surface area contributed by atoms with Crippen LogP contribution < -0.4 is 10.6 Å². The molecule has 8 nitrogen and oxygen atoms in total. The van der Waals surface area contributed by atoms with Crippen molar-refractivity contribution in [2.24, 2.45) is 0 Å². The number of ether oxygens (including phenoxy) is 2. The summed E-state index contributed by atoms with van der Waals surface area (Å²) in [6.45, 7) is 7.38. The average Bonchev–Trinajstić information content (AvgIpc) is 3.23. The second-order valence-corrected chi connectivity index (χ2v) is 9.03. The summed E-state index contributed by atoms with van der Waals surface area (Å²) in [5, 5.41) is 5.68. The Labute approximate surface area is 191 Å². The molecule has 0 spiro atoms. The number of carbonyl (C=O) groups excluding carboxylic acids is 3. The van der Waals surface area contributed by atoms with Gasteiger partial charge in [-0.1, -0.05) is 43.2 Å². The monoisotopic (exact) mass is 447 g/mol. The maximum Gasteiger partial charge on any atom is 0.410 e. The minimum atomic E-state index is -0.490. The van der Waals surface area contributed by atoms with Crippen molar-refractivity contribution in [3.63, 3.8) is 0 Å². The lowest BCUT2D eigenvalue weighted by molar-refractivity contribution is -0.125. The van der Waals surface area contributed by atoms with Gasteiger partial charge in [0, 0.05) is 19.6 Å². The maximum absolute atomic E-state index is 12.5. The molecule has 32 heavy (non-hydrogen) atoms. The van der Waals surface area contributed by atoms with Crippen LogP contribution in [0.25, 0.3) is 0 Å². The zero-order valence-corrected chi connectivity index (χ0v) is 19.5. The molecule has 0 aromatic heterocycles. The van der Waals surface area contributed by atoms with Gasteiger partial charge in [0.05, 0.1) is 0 Å². The highest BCUT2D eigenvalue weighted by Gasteiger charge is 2.34. The van der Waals surface area contributed by atoms with Gasteiger partial charge in [-0.25, -0.2) is 9.59 Å². The highest BCUT2D eigenvalue weighted by molar-refractivity contribution is 5.86. The number of alkyl carbamates (subject to hydrolysis) is 1. The largest absolute Gasteiger partial charge is 0.445 e. The maximum atomic E-state index is 12.5. The number of amides is 3. The summed E-state index contributed by atoms with van der Waals surface area (Å²) < 4.78 is 10.6. The Hall–Kier alpha value is -2.77. The molecule has 1 atom stereocenters. The van der Waals surface area contributed by atoms with Crippen LogP contribution in [0.5, 0.6) is 0 Å². The van der Waals surface area contributed by atoms with Gasteiger partial charge in [0.25, 0.3) is 0 Å². The van der Waals surface area contributed by atoms with E-state index >= 15 is 0 Å². The number of nitrogens with one attached hydrogen (secondary N) is 2. The van der Waals surface area contributed by atoms with E-state index in [4.69, 9.17) is 9.47 Å². The fraction of sp³-hybridized carbons (Fsp3) is 0.625. The summed E-state index contributed by atoms with van der Waals surface area (Å²) >= 11 is 0. The summed E-state index contributed by atoms with van der Waals surface area (Å²) in [6.07, 6.45) is 4.22. The van der Waals surface area contributed by atoms with Gasteiger partial charge in [-0.15, -0.1) is 0 Å². The molecule has 3 amide bonds. The van der Waals surface area contributed by atoms with E-state index in [-0.39, 0.29) is 12.5 Å². The van der Waals surface area contributed by atoms with Crippen LogP contribution in [0.3, 0.4) is 0 Å². The third-order valence-electron chi connectivity index (χ3n) is 5.07. The number of unbranched alkanes of at least 4 members (excludes halogenated alkanes) is 3. The Bertz CT molecular complexity index is 733. The smallest absolute Gasteiger partial charge is 0.410 e. The van der Waals surface area contributed by atoms with Crippen LogP contribution in [0.1, 0.15) is 64.9 Å². The van der Waals surface area contributed by atoms with Gasteiger partial charge in [-0.2, -0.15) is 0 Å². The SMILES string of the molecule is CC(C)(C)OC(=O)NCCCCCCNC(=O)[C@@H]1CCCN1C(=O)OCc1ccccc1. The van der Waals surface area contributed by atoms with E-state index in [2.05, 4.69) is 10.6 Å². The summed E-state index contributed by atoms with van der Waals surface area (Å²) in [6, 6.07) is 9.04. The number of benzene rings is 1. The molecule has 0 radical (unpaired) electrons. The molecule has 2 N–H and O–H groups in total. The second kappa shape index (κ2) is 12.9. The molecule has 1 fully saturated rings. The molecule has 1 saturated heterocycles. The van der Waals surface area contributed by atoms with Gasteiger partial charge in [-0.3, -0.25) is 9.69 Å². The lowest BCUT2D eigenvalue weighted by atomic mass is 10.1. The Morgan fingerprint density at radius 1 is 1.00 bits per heavy atom. The van der Waals surface area contributed by atoms with Gasteiger partial charge < -0.3 is 20.1 Å². The minimum Gasteiger partial charge on any atom is -0.445 e. The summed E-state index contributed by atoms with van der Waals surface area (Å²) in [5.74, 6) is -0.120. The molecule has 8 heteroatoms. The van der Waals surface area contributed by atoms with Crippen LogP contribution in [0, 0.1) is 0 Å². The Morgan fingerprint density at radius 2 is 1.66 bits per heavy atom. The number of nitrogens with zero attached hydrogens (tertiary/aromatic N) is 1. The third-order valence-corrected chi connectivity index (χ3v) is 5.07. The third kappa shape index (κ3) is 9.58. The van der Waals surface area contributed by atoms with Crippen molar-refractivity contribution >= 4 is 18.1 Å². The molecule has 1 aliphatic rings. The fourth-order valence-corrected chi connectivity index (χ4v) is 3.50. The normalized spacial score (nSPS) is 15.8. The molecule has 0 aliphatic carbocycles. The highest BCUT2D eigenvalue weighted by atomic mass is 16.6. The summed E-state index contributed by atoms with van der Waals surface area (Å²) in [5.41, 5.74) is 0.429. The standard InChI is InChI=1S/C24H37N3O5/c1-24(2,3)32-22(29)26-16-10-5-4-9-15-25-21(28)20-14-11-17-27(20)23(30)31-18-19-12-7-6-8-13-19/h6-8,12-13,20H,4-5,9-11,14-18H2,1-3H3,(H,25,28)(H,26,29)/t20-/m0/s1. The first-order chi connectivity index (χ1) is 15.3. The van der Waals surface area contributed by atoms with Crippen LogP contribution >= 0.6 is 0 Å². The number of hydrogen-bond donors (Lipinski definition) is 2. The lowest BCUT2D eigenvalue weighted by Gasteiger charge is -2.23. The van der Waals surface area contributed by atoms with E-state index in [0.29, 0.717) is 26.1 Å². The van der Waals surface area contributed by atoms with Crippen LogP contribution in [-0.2, 0) is 20.9 Å². The Balaban J connectivity index is 1.57. The first-order valence-corrected chi connectivity index (χ1v) is 11.5. The van der Waals surface area contributed by atoms with Gasteiger partial charge in [-0.05, 0) is 52.0 Å². The molecule has 0 saturated carbocycles. The van der Waals surface area contributed by atoms with Crippen molar-refractivity contribution < 1.29 is 23.9 Å². The van der Waals surface area contributed by atoms with E-state index in [1.165, 1.54) is 4.90 Å². The summed E-state index contributed by atoms with van der Waals surface area (Å²) in [7, 11) is 0. The number of hydrogen-bond acceptors (Lipinski definition) is 5. The molecule has 1 aromatic rings. The minimum absolute atomic E-state index is 0.120. The molecule has 1 aromatic carbocycles. The van der Waals surface area contributed by atoms with E-state index in [9.17, 15) is 14.4 Å². The van der Waals surface area contributed by atoms with Gasteiger partial charge in [0.15, 0.2) is 0 Å². The van der Waals surface area contributed by atoms with Gasteiger partial charge >= 0.3 is 12.2 Å². The summed E-state index contributed by atoms with van der Waals surface area (Å²) in [4.78, 5) is 38.0. The zero-order chi connectivity index (χ0) is 23.4. The topological polar surface area (TPSA) is 97.0 Å². The van der Waals surface area contributed by atoms with E-state index in [1.807, 2.05) is 51.1 Å². The molecule has 178 valence electrons. The number of carbonyl (C=O) groups is 3. The molecule has 2 rings (SSSR count). The van der Waals surface area contributed by atoms with Crippen LogP contribution in [-0.4, -0.2) is 54.3 Å². The van der Waals surface area contributed by atoms with Crippen molar-refractivity contribution in [3.05, 3.63) is 35.9 Å². The van der Waals surface area contributed by atoms with E-state index in [0.717, 1.165) is 37.7 Å².